The maximum Gasteiger partial charge on any atom is 0.226 e. The molecular formula is C17H23N5OS. The molecule has 0 aromatic carbocycles. The fourth-order valence-electron chi connectivity index (χ4n) is 4.05. The van der Waals surface area contributed by atoms with Crippen molar-refractivity contribution in [3.05, 3.63) is 17.8 Å². The van der Waals surface area contributed by atoms with Crippen molar-refractivity contribution in [3.8, 4) is 0 Å². The van der Waals surface area contributed by atoms with Gasteiger partial charge in [-0.25, -0.2) is 9.97 Å². The normalized spacial score (nSPS) is 24.7. The lowest BCUT2D eigenvalue weighted by molar-refractivity contribution is -0.136. The number of hydrogen-bond donors (Lipinski definition) is 1. The van der Waals surface area contributed by atoms with E-state index >= 15 is 0 Å². The summed E-state index contributed by atoms with van der Waals surface area (Å²) in [6.45, 7) is 3.82. The number of carbonyl (C=O) groups excluding carboxylic acids is 1. The minimum absolute atomic E-state index is 0.143. The summed E-state index contributed by atoms with van der Waals surface area (Å²) in [6, 6.07) is 2.08. The lowest BCUT2D eigenvalue weighted by atomic mass is 9.94. The summed E-state index contributed by atoms with van der Waals surface area (Å²) in [5, 5.41) is 3.16. The van der Waals surface area contributed by atoms with Crippen molar-refractivity contribution >= 4 is 33.3 Å². The van der Waals surface area contributed by atoms with Crippen molar-refractivity contribution in [1.82, 2.24) is 14.9 Å². The Morgan fingerprint density at radius 3 is 2.88 bits per heavy atom. The van der Waals surface area contributed by atoms with Gasteiger partial charge in [-0.05, 0) is 36.8 Å². The van der Waals surface area contributed by atoms with E-state index in [0.717, 1.165) is 61.5 Å². The molecule has 1 amide bonds. The third-order valence-corrected chi connectivity index (χ3v) is 6.23. The van der Waals surface area contributed by atoms with Gasteiger partial charge in [0.05, 0.1) is 5.39 Å². The number of thiophene rings is 1. The van der Waals surface area contributed by atoms with Gasteiger partial charge in [-0.15, -0.1) is 11.3 Å². The van der Waals surface area contributed by atoms with Gasteiger partial charge in [-0.3, -0.25) is 4.79 Å². The van der Waals surface area contributed by atoms with Gasteiger partial charge in [0, 0.05) is 32.1 Å². The Morgan fingerprint density at radius 1 is 1.25 bits per heavy atom. The number of nitrogens with zero attached hydrogens (tertiary/aromatic N) is 4. The first kappa shape index (κ1) is 15.8. The van der Waals surface area contributed by atoms with Gasteiger partial charge in [0.1, 0.15) is 17.0 Å². The first-order chi connectivity index (χ1) is 11.8. The smallest absolute Gasteiger partial charge is 0.226 e. The molecule has 2 aromatic rings. The monoisotopic (exact) mass is 345 g/mol. The maximum atomic E-state index is 12.8. The van der Waals surface area contributed by atoms with Crippen LogP contribution in [0.4, 0.5) is 5.82 Å². The average Bonchev–Trinajstić information content (AvgIpc) is 3.29. The number of nitrogens with two attached hydrogens (primary N) is 1. The van der Waals surface area contributed by atoms with Gasteiger partial charge < -0.3 is 15.5 Å². The SMILES string of the molecule is NC[C@H]1CCC[C@H]1C(=O)N1CCN(c2ncnc3sccc23)CC1. The van der Waals surface area contributed by atoms with Gasteiger partial charge in [-0.2, -0.15) is 0 Å². The third-order valence-electron chi connectivity index (χ3n) is 5.41. The molecule has 2 N–H and O–H groups in total. The molecule has 0 unspecified atom stereocenters. The Balaban J connectivity index is 1.43. The van der Waals surface area contributed by atoms with Gasteiger partial charge in [0.15, 0.2) is 0 Å². The summed E-state index contributed by atoms with van der Waals surface area (Å²) in [5.74, 6) is 1.83. The first-order valence-electron chi connectivity index (χ1n) is 8.70. The van der Waals surface area contributed by atoms with Crippen LogP contribution in [0.2, 0.25) is 0 Å². The van der Waals surface area contributed by atoms with Gasteiger partial charge >= 0.3 is 0 Å². The van der Waals surface area contributed by atoms with Crippen molar-refractivity contribution in [2.75, 3.05) is 37.6 Å². The second-order valence-corrected chi connectivity index (χ2v) is 7.58. The van der Waals surface area contributed by atoms with Crippen LogP contribution in [-0.4, -0.2) is 53.5 Å². The van der Waals surface area contributed by atoms with Crippen LogP contribution in [0.15, 0.2) is 17.8 Å². The fourth-order valence-corrected chi connectivity index (χ4v) is 4.77. The Hall–Kier alpha value is -1.73. The number of aromatic nitrogens is 2. The van der Waals surface area contributed by atoms with Crippen LogP contribution in [0, 0.1) is 11.8 Å². The zero-order valence-electron chi connectivity index (χ0n) is 13.7. The molecule has 1 aliphatic carbocycles. The van der Waals surface area contributed by atoms with Crippen molar-refractivity contribution in [2.45, 2.75) is 19.3 Å². The molecule has 2 atom stereocenters. The Kier molecular flexibility index (Phi) is 4.37. The summed E-state index contributed by atoms with van der Waals surface area (Å²) >= 11 is 1.64. The van der Waals surface area contributed by atoms with E-state index in [2.05, 4.69) is 26.3 Å². The summed E-state index contributed by atoms with van der Waals surface area (Å²) < 4.78 is 0. The molecule has 128 valence electrons. The van der Waals surface area contributed by atoms with E-state index in [-0.39, 0.29) is 5.92 Å². The lowest BCUT2D eigenvalue weighted by Crippen LogP contribution is -2.51. The highest BCUT2D eigenvalue weighted by Crippen LogP contribution is 2.33. The molecule has 7 heteroatoms. The zero-order valence-corrected chi connectivity index (χ0v) is 14.5. The molecule has 2 fully saturated rings. The number of rotatable bonds is 3. The van der Waals surface area contributed by atoms with E-state index in [1.165, 1.54) is 0 Å². The van der Waals surface area contributed by atoms with E-state index < -0.39 is 0 Å². The van der Waals surface area contributed by atoms with Crippen LogP contribution < -0.4 is 10.6 Å². The molecule has 1 saturated carbocycles. The highest BCUT2D eigenvalue weighted by molar-refractivity contribution is 7.16. The standard InChI is InChI=1S/C17H23N5OS/c18-10-12-2-1-3-13(12)17(23)22-7-5-21(6-8-22)15-14-4-9-24-16(14)20-11-19-15/h4,9,11-13H,1-3,5-8,10,18H2/t12-,13-/m1/s1. The molecule has 0 spiro atoms. The Bertz CT molecular complexity index is 725. The minimum atomic E-state index is 0.143. The summed E-state index contributed by atoms with van der Waals surface area (Å²) in [7, 11) is 0. The molecule has 2 aromatic heterocycles. The third kappa shape index (κ3) is 2.75. The maximum absolute atomic E-state index is 12.8. The van der Waals surface area contributed by atoms with Crippen molar-refractivity contribution in [1.29, 1.82) is 0 Å². The van der Waals surface area contributed by atoms with Gasteiger partial charge in [0.25, 0.3) is 0 Å². The topological polar surface area (TPSA) is 75.4 Å². The highest BCUT2D eigenvalue weighted by atomic mass is 32.1. The second kappa shape index (κ2) is 6.64. The summed E-state index contributed by atoms with van der Waals surface area (Å²) in [6.07, 6.45) is 4.87. The second-order valence-electron chi connectivity index (χ2n) is 6.68. The van der Waals surface area contributed by atoms with E-state index in [0.29, 0.717) is 18.4 Å². The fraction of sp³-hybridized carbons (Fsp3) is 0.588. The number of amides is 1. The van der Waals surface area contributed by atoms with Crippen molar-refractivity contribution in [3.63, 3.8) is 0 Å². The number of anilines is 1. The minimum Gasteiger partial charge on any atom is -0.352 e. The number of piperazine rings is 1. The van der Waals surface area contributed by atoms with Crippen LogP contribution in [-0.2, 0) is 4.79 Å². The summed E-state index contributed by atoms with van der Waals surface area (Å²) in [4.78, 5) is 26.9. The lowest BCUT2D eigenvalue weighted by Gasteiger charge is -2.37. The quantitative estimate of drug-likeness (QED) is 0.917. The first-order valence-corrected chi connectivity index (χ1v) is 9.58. The van der Waals surface area contributed by atoms with Gasteiger partial charge in [0.2, 0.25) is 5.91 Å². The van der Waals surface area contributed by atoms with Crippen molar-refractivity contribution in [2.24, 2.45) is 17.6 Å². The number of hydrogen-bond acceptors (Lipinski definition) is 6. The van der Waals surface area contributed by atoms with Gasteiger partial charge in [-0.1, -0.05) is 6.42 Å². The number of carbonyl (C=O) groups is 1. The molecule has 1 aliphatic heterocycles. The van der Waals surface area contributed by atoms with E-state index in [4.69, 9.17) is 5.73 Å². The number of fused-ring (bicyclic) bond motifs is 1. The molecule has 3 heterocycles. The van der Waals surface area contributed by atoms with E-state index in [1.807, 2.05) is 4.90 Å². The van der Waals surface area contributed by atoms with Crippen LogP contribution in [0.5, 0.6) is 0 Å². The highest BCUT2D eigenvalue weighted by Gasteiger charge is 2.35. The molecule has 6 nitrogen and oxygen atoms in total. The molecule has 24 heavy (non-hydrogen) atoms. The van der Waals surface area contributed by atoms with Crippen LogP contribution in [0.1, 0.15) is 19.3 Å². The molecule has 0 bridgehead atoms. The Morgan fingerprint density at radius 2 is 2.08 bits per heavy atom. The summed E-state index contributed by atoms with van der Waals surface area (Å²) in [5.41, 5.74) is 5.84. The van der Waals surface area contributed by atoms with Crippen LogP contribution >= 0.6 is 11.3 Å². The molecule has 2 aliphatic rings. The molecule has 4 rings (SSSR count). The molecule has 0 radical (unpaired) electrons. The predicted molar refractivity (Wildman–Crippen MR) is 96.1 cm³/mol. The molecular weight excluding hydrogens is 322 g/mol. The van der Waals surface area contributed by atoms with E-state index in [1.54, 1.807) is 17.7 Å². The van der Waals surface area contributed by atoms with E-state index in [9.17, 15) is 4.79 Å². The zero-order chi connectivity index (χ0) is 16.5. The average molecular weight is 345 g/mol. The Labute approximate surface area is 145 Å². The largest absolute Gasteiger partial charge is 0.352 e. The van der Waals surface area contributed by atoms with Crippen molar-refractivity contribution < 1.29 is 4.79 Å². The van der Waals surface area contributed by atoms with Crippen LogP contribution in [0.25, 0.3) is 10.2 Å². The van der Waals surface area contributed by atoms with Crippen LogP contribution in [0.3, 0.4) is 0 Å². The predicted octanol–water partition coefficient (Wildman–Crippen LogP) is 1.71. The molecule has 1 saturated heterocycles.